The first-order valence-corrected chi connectivity index (χ1v) is 9.37. The summed E-state index contributed by atoms with van der Waals surface area (Å²) in [5.41, 5.74) is -0.548. The van der Waals surface area contributed by atoms with Crippen molar-refractivity contribution >= 4 is 27.5 Å². The zero-order chi connectivity index (χ0) is 19.8. The molecule has 0 aliphatic carbocycles. The Morgan fingerprint density at radius 3 is 1.89 bits per heavy atom. The first-order valence-electron chi connectivity index (χ1n) is 7.71. The van der Waals surface area contributed by atoms with E-state index < -0.39 is 39.3 Å². The van der Waals surface area contributed by atoms with E-state index in [0.717, 1.165) is 29.2 Å². The van der Waals surface area contributed by atoms with Crippen LogP contribution in [0.4, 0.5) is 18.9 Å². The largest absolute Gasteiger partial charge is 0.416 e. The fourth-order valence-corrected chi connectivity index (χ4v) is 3.63. The first-order chi connectivity index (χ1) is 12.6. The van der Waals surface area contributed by atoms with Crippen molar-refractivity contribution in [3.8, 4) is 0 Å². The van der Waals surface area contributed by atoms with Crippen molar-refractivity contribution in [3.63, 3.8) is 0 Å². The van der Waals surface area contributed by atoms with Crippen LogP contribution in [0.1, 0.15) is 26.3 Å². The van der Waals surface area contributed by atoms with Crippen LogP contribution in [0.5, 0.6) is 0 Å². The lowest BCUT2D eigenvalue weighted by Crippen LogP contribution is -2.35. The second-order valence-corrected chi connectivity index (χ2v) is 7.65. The Labute approximate surface area is 152 Å². The monoisotopic (exact) mass is 398 g/mol. The van der Waals surface area contributed by atoms with E-state index in [1.807, 2.05) is 0 Å². The van der Waals surface area contributed by atoms with E-state index in [9.17, 15) is 31.2 Å². The van der Waals surface area contributed by atoms with Crippen molar-refractivity contribution < 1.29 is 31.2 Å². The summed E-state index contributed by atoms with van der Waals surface area (Å²) in [7, 11) is -3.98. The van der Waals surface area contributed by atoms with Gasteiger partial charge in [-0.05, 0) is 36.4 Å². The highest BCUT2D eigenvalue weighted by atomic mass is 32.2. The number of benzene rings is 2. The summed E-state index contributed by atoms with van der Waals surface area (Å²) in [5, 5.41) is 0. The SMILES string of the molecule is O=C1c2ccccc2C(=O)N1CCS(=O)(=O)Nc1ccc(C(F)(F)F)cc1. The number of anilines is 1. The molecule has 27 heavy (non-hydrogen) atoms. The minimum absolute atomic E-state index is 0.0506. The van der Waals surface area contributed by atoms with Gasteiger partial charge in [-0.25, -0.2) is 8.42 Å². The van der Waals surface area contributed by atoms with E-state index >= 15 is 0 Å². The molecule has 1 N–H and O–H groups in total. The Morgan fingerprint density at radius 1 is 0.889 bits per heavy atom. The van der Waals surface area contributed by atoms with Gasteiger partial charge in [0.1, 0.15) is 0 Å². The lowest BCUT2D eigenvalue weighted by atomic mass is 10.1. The molecule has 3 rings (SSSR count). The fourth-order valence-electron chi connectivity index (χ4n) is 2.61. The smallest absolute Gasteiger partial charge is 0.284 e. The van der Waals surface area contributed by atoms with Gasteiger partial charge in [-0.15, -0.1) is 0 Å². The molecule has 6 nitrogen and oxygen atoms in total. The van der Waals surface area contributed by atoms with Crippen molar-refractivity contribution in [2.45, 2.75) is 6.18 Å². The number of rotatable bonds is 5. The van der Waals surface area contributed by atoms with E-state index in [-0.39, 0.29) is 23.4 Å². The molecule has 0 spiro atoms. The van der Waals surface area contributed by atoms with Crippen molar-refractivity contribution in [1.29, 1.82) is 0 Å². The number of carbonyl (C=O) groups excluding carboxylic acids is 2. The number of nitrogens with zero attached hydrogens (tertiary/aromatic N) is 1. The number of amides is 2. The van der Waals surface area contributed by atoms with Gasteiger partial charge in [-0.1, -0.05) is 12.1 Å². The van der Waals surface area contributed by atoms with E-state index in [1.165, 1.54) is 12.1 Å². The summed E-state index contributed by atoms with van der Waals surface area (Å²) < 4.78 is 64.0. The average molecular weight is 398 g/mol. The van der Waals surface area contributed by atoms with Crippen LogP contribution in [0.2, 0.25) is 0 Å². The van der Waals surface area contributed by atoms with Crippen LogP contribution in [0.3, 0.4) is 0 Å². The molecule has 0 radical (unpaired) electrons. The second-order valence-electron chi connectivity index (χ2n) is 5.80. The molecule has 10 heteroatoms. The third kappa shape index (κ3) is 3.95. The molecular formula is C17H13F3N2O4S. The molecule has 0 bridgehead atoms. The Balaban J connectivity index is 1.66. The summed E-state index contributed by atoms with van der Waals surface area (Å²) in [5.74, 6) is -1.75. The summed E-state index contributed by atoms with van der Waals surface area (Å²) in [6.07, 6.45) is -4.52. The van der Waals surface area contributed by atoms with Gasteiger partial charge >= 0.3 is 6.18 Å². The standard InChI is InChI=1S/C17H13F3N2O4S/c18-17(19,20)11-5-7-12(8-6-11)21-27(25,26)10-9-22-15(23)13-3-1-2-4-14(13)16(22)24/h1-8,21H,9-10H2. The number of alkyl halides is 3. The van der Waals surface area contributed by atoms with Gasteiger partial charge in [0.2, 0.25) is 10.0 Å². The topological polar surface area (TPSA) is 83.6 Å². The highest BCUT2D eigenvalue weighted by Gasteiger charge is 2.35. The molecule has 0 saturated heterocycles. The predicted octanol–water partition coefficient (Wildman–Crippen LogP) is 2.74. The van der Waals surface area contributed by atoms with Crippen LogP contribution < -0.4 is 4.72 Å². The Kier molecular flexibility index (Phi) is 4.68. The number of hydrogen-bond acceptors (Lipinski definition) is 4. The minimum Gasteiger partial charge on any atom is -0.284 e. The number of hydrogen-bond donors (Lipinski definition) is 1. The quantitative estimate of drug-likeness (QED) is 0.785. The molecule has 0 fully saturated rings. The summed E-state index contributed by atoms with van der Waals surface area (Å²) in [4.78, 5) is 25.2. The summed E-state index contributed by atoms with van der Waals surface area (Å²) >= 11 is 0. The molecular weight excluding hydrogens is 385 g/mol. The van der Waals surface area contributed by atoms with Gasteiger partial charge in [0.15, 0.2) is 0 Å². The van der Waals surface area contributed by atoms with E-state index in [4.69, 9.17) is 0 Å². The summed E-state index contributed by atoms with van der Waals surface area (Å²) in [6.45, 7) is -0.373. The molecule has 0 unspecified atom stereocenters. The number of halogens is 3. The normalized spacial score (nSPS) is 14.4. The number of sulfonamides is 1. The first kappa shape index (κ1) is 18.9. The second kappa shape index (κ2) is 6.69. The maximum Gasteiger partial charge on any atom is 0.416 e. The van der Waals surface area contributed by atoms with Crippen LogP contribution in [0.25, 0.3) is 0 Å². The Bertz CT molecular complexity index is 967. The van der Waals surface area contributed by atoms with Crippen molar-refractivity contribution in [1.82, 2.24) is 4.90 Å². The molecule has 0 saturated carbocycles. The van der Waals surface area contributed by atoms with Gasteiger partial charge in [-0.3, -0.25) is 19.2 Å². The lowest BCUT2D eigenvalue weighted by Gasteiger charge is -2.15. The molecule has 2 aromatic carbocycles. The third-order valence-corrected chi connectivity index (χ3v) is 5.21. The van der Waals surface area contributed by atoms with Gasteiger partial charge in [0.25, 0.3) is 11.8 Å². The zero-order valence-electron chi connectivity index (χ0n) is 13.7. The fraction of sp³-hybridized carbons (Fsp3) is 0.176. The third-order valence-electron chi connectivity index (χ3n) is 3.95. The van der Waals surface area contributed by atoms with E-state index in [2.05, 4.69) is 4.72 Å². The van der Waals surface area contributed by atoms with Crippen molar-refractivity contribution in [2.75, 3.05) is 17.0 Å². The molecule has 2 aromatic rings. The molecule has 0 aromatic heterocycles. The van der Waals surface area contributed by atoms with Crippen LogP contribution in [-0.2, 0) is 16.2 Å². The van der Waals surface area contributed by atoms with Crippen LogP contribution >= 0.6 is 0 Å². The molecule has 2 amide bonds. The van der Waals surface area contributed by atoms with Crippen molar-refractivity contribution in [3.05, 3.63) is 65.2 Å². The Hall–Kier alpha value is -2.88. The number of nitrogens with one attached hydrogen (secondary N) is 1. The zero-order valence-corrected chi connectivity index (χ0v) is 14.5. The van der Waals surface area contributed by atoms with E-state index in [0.29, 0.717) is 0 Å². The van der Waals surface area contributed by atoms with Crippen molar-refractivity contribution in [2.24, 2.45) is 0 Å². The molecule has 1 aliphatic rings. The van der Waals surface area contributed by atoms with Crippen LogP contribution in [0, 0.1) is 0 Å². The number of carbonyl (C=O) groups is 2. The predicted molar refractivity (Wildman–Crippen MR) is 90.7 cm³/mol. The van der Waals surface area contributed by atoms with Gasteiger partial charge < -0.3 is 0 Å². The Morgan fingerprint density at radius 2 is 1.41 bits per heavy atom. The molecule has 142 valence electrons. The van der Waals surface area contributed by atoms with Crippen LogP contribution in [-0.4, -0.2) is 37.4 Å². The van der Waals surface area contributed by atoms with Gasteiger partial charge in [-0.2, -0.15) is 13.2 Å². The lowest BCUT2D eigenvalue weighted by molar-refractivity contribution is -0.137. The molecule has 1 aliphatic heterocycles. The summed E-state index contributed by atoms with van der Waals surface area (Å²) in [6, 6.07) is 9.62. The van der Waals surface area contributed by atoms with E-state index in [1.54, 1.807) is 12.1 Å². The van der Waals surface area contributed by atoms with Gasteiger partial charge in [0.05, 0.1) is 22.4 Å². The minimum atomic E-state index is -4.52. The van der Waals surface area contributed by atoms with Gasteiger partial charge in [0, 0.05) is 12.2 Å². The molecule has 0 atom stereocenters. The maximum atomic E-state index is 12.5. The number of imide groups is 1. The van der Waals surface area contributed by atoms with Crippen LogP contribution in [0.15, 0.2) is 48.5 Å². The number of fused-ring (bicyclic) bond motifs is 1. The average Bonchev–Trinajstić information content (AvgIpc) is 2.84. The maximum absolute atomic E-state index is 12.5. The molecule has 1 heterocycles. The highest BCUT2D eigenvalue weighted by molar-refractivity contribution is 7.92. The highest BCUT2D eigenvalue weighted by Crippen LogP contribution is 2.30.